The van der Waals surface area contributed by atoms with Gasteiger partial charge in [-0.2, -0.15) is 0 Å². The van der Waals surface area contributed by atoms with Crippen LogP contribution in [0.2, 0.25) is 0 Å². The summed E-state index contributed by atoms with van der Waals surface area (Å²) in [6, 6.07) is 4.78. The summed E-state index contributed by atoms with van der Waals surface area (Å²) in [4.78, 5) is 4.12. The Balaban J connectivity index is 2.42. The first-order chi connectivity index (χ1) is 8.22. The first-order valence-electron chi connectivity index (χ1n) is 5.06. The molecule has 17 heavy (non-hydrogen) atoms. The predicted molar refractivity (Wildman–Crippen MR) is 69.9 cm³/mol. The molecule has 2 aromatic rings. The van der Waals surface area contributed by atoms with Gasteiger partial charge in [-0.3, -0.25) is 4.57 Å². The highest BCUT2D eigenvalue weighted by molar-refractivity contribution is 9.10. The van der Waals surface area contributed by atoms with Gasteiger partial charge in [-0.1, -0.05) is 22.0 Å². The Bertz CT molecular complexity index is 536. The van der Waals surface area contributed by atoms with Crippen LogP contribution in [0.25, 0.3) is 5.69 Å². The third-order valence-electron chi connectivity index (χ3n) is 2.21. The quantitative estimate of drug-likeness (QED) is 0.877. The Morgan fingerprint density at radius 1 is 1.53 bits per heavy atom. The first-order valence-corrected chi connectivity index (χ1v) is 5.85. The number of nitrogens with one attached hydrogen (secondary N) is 1. The second kappa shape index (κ2) is 5.14. The van der Waals surface area contributed by atoms with E-state index in [0.717, 1.165) is 4.47 Å². The van der Waals surface area contributed by atoms with E-state index in [4.69, 9.17) is 0 Å². The third kappa shape index (κ3) is 2.55. The van der Waals surface area contributed by atoms with E-state index in [1.807, 2.05) is 0 Å². The molecule has 1 aromatic carbocycles. The summed E-state index contributed by atoms with van der Waals surface area (Å²) in [5, 5.41) is 3.04. The monoisotopic (exact) mass is 295 g/mol. The molecule has 1 aromatic heterocycles. The Morgan fingerprint density at radius 3 is 3.12 bits per heavy atom. The van der Waals surface area contributed by atoms with Crippen molar-refractivity contribution < 1.29 is 4.39 Å². The Morgan fingerprint density at radius 2 is 2.35 bits per heavy atom. The van der Waals surface area contributed by atoms with Crippen molar-refractivity contribution in [3.05, 3.63) is 53.5 Å². The number of imidazole rings is 1. The largest absolute Gasteiger partial charge is 0.352 e. The molecule has 0 radical (unpaired) electrons. The minimum atomic E-state index is -0.298. The van der Waals surface area contributed by atoms with Crippen molar-refractivity contribution in [3.63, 3.8) is 0 Å². The average Bonchev–Trinajstić information content (AvgIpc) is 2.77. The van der Waals surface area contributed by atoms with Gasteiger partial charge >= 0.3 is 0 Å². The number of benzene rings is 1. The molecule has 0 atom stereocenters. The van der Waals surface area contributed by atoms with Crippen molar-refractivity contribution in [2.24, 2.45) is 0 Å². The fourth-order valence-electron chi connectivity index (χ4n) is 1.46. The minimum absolute atomic E-state index is 0.298. The SMILES string of the molecule is C=CCNc1nccn1-c1cc(Br)ccc1F. The lowest BCUT2D eigenvalue weighted by atomic mass is 10.3. The molecule has 2 rings (SSSR count). The van der Waals surface area contributed by atoms with Gasteiger partial charge in [-0.15, -0.1) is 6.58 Å². The molecule has 88 valence electrons. The summed E-state index contributed by atoms with van der Waals surface area (Å²) in [5.41, 5.74) is 0.448. The van der Waals surface area contributed by atoms with Crippen LogP contribution in [0.15, 0.2) is 47.7 Å². The lowest BCUT2D eigenvalue weighted by Crippen LogP contribution is -2.06. The third-order valence-corrected chi connectivity index (χ3v) is 2.71. The van der Waals surface area contributed by atoms with Gasteiger partial charge in [0.05, 0.1) is 5.69 Å². The zero-order valence-electron chi connectivity index (χ0n) is 9.03. The van der Waals surface area contributed by atoms with Crippen molar-refractivity contribution in [2.75, 3.05) is 11.9 Å². The molecular formula is C12H11BrFN3. The number of halogens is 2. The van der Waals surface area contributed by atoms with Crippen molar-refractivity contribution in [3.8, 4) is 5.69 Å². The Kier molecular flexibility index (Phi) is 3.58. The summed E-state index contributed by atoms with van der Waals surface area (Å²) in [6.45, 7) is 4.19. The molecule has 0 aliphatic rings. The van der Waals surface area contributed by atoms with Crippen molar-refractivity contribution in [2.45, 2.75) is 0 Å². The van der Waals surface area contributed by atoms with Gasteiger partial charge in [0.2, 0.25) is 5.95 Å². The van der Waals surface area contributed by atoms with Gasteiger partial charge in [0.1, 0.15) is 5.82 Å². The maximum absolute atomic E-state index is 13.7. The summed E-state index contributed by atoms with van der Waals surface area (Å²) >= 11 is 3.32. The van der Waals surface area contributed by atoms with Crippen LogP contribution < -0.4 is 5.32 Å². The molecule has 0 amide bonds. The number of hydrogen-bond acceptors (Lipinski definition) is 2. The maximum Gasteiger partial charge on any atom is 0.207 e. The van der Waals surface area contributed by atoms with Crippen LogP contribution in [-0.2, 0) is 0 Å². The molecule has 0 aliphatic heterocycles. The summed E-state index contributed by atoms with van der Waals surface area (Å²) in [7, 11) is 0. The summed E-state index contributed by atoms with van der Waals surface area (Å²) in [6.07, 6.45) is 5.04. The number of anilines is 1. The summed E-state index contributed by atoms with van der Waals surface area (Å²) < 4.78 is 16.2. The van der Waals surface area contributed by atoms with Crippen molar-refractivity contribution in [1.82, 2.24) is 9.55 Å². The fraction of sp³-hybridized carbons (Fsp3) is 0.0833. The van der Waals surface area contributed by atoms with E-state index in [2.05, 4.69) is 32.8 Å². The van der Waals surface area contributed by atoms with Crippen molar-refractivity contribution in [1.29, 1.82) is 0 Å². The average molecular weight is 296 g/mol. The number of nitrogens with zero attached hydrogens (tertiary/aromatic N) is 2. The highest BCUT2D eigenvalue weighted by Crippen LogP contribution is 2.22. The van der Waals surface area contributed by atoms with Crippen LogP contribution in [0.1, 0.15) is 0 Å². The standard InChI is InChI=1S/C12H11BrFN3/c1-2-5-15-12-16-6-7-17(12)11-8-9(13)3-4-10(11)14/h2-4,6-8H,1,5H2,(H,15,16). The Labute approximate surface area is 107 Å². The Hall–Kier alpha value is -1.62. The van der Waals surface area contributed by atoms with E-state index in [9.17, 15) is 4.39 Å². The highest BCUT2D eigenvalue weighted by Gasteiger charge is 2.09. The molecule has 0 bridgehead atoms. The summed E-state index contributed by atoms with van der Waals surface area (Å²) in [5.74, 6) is 0.287. The molecule has 0 fully saturated rings. The van der Waals surface area contributed by atoms with E-state index < -0.39 is 0 Å². The van der Waals surface area contributed by atoms with Gasteiger partial charge in [-0.25, -0.2) is 9.37 Å². The molecule has 1 heterocycles. The zero-order valence-corrected chi connectivity index (χ0v) is 10.6. The van der Waals surface area contributed by atoms with E-state index in [0.29, 0.717) is 18.2 Å². The van der Waals surface area contributed by atoms with E-state index >= 15 is 0 Å². The van der Waals surface area contributed by atoms with Crippen LogP contribution in [-0.4, -0.2) is 16.1 Å². The molecule has 3 nitrogen and oxygen atoms in total. The van der Waals surface area contributed by atoms with Crippen LogP contribution in [0.5, 0.6) is 0 Å². The molecule has 0 aliphatic carbocycles. The smallest absolute Gasteiger partial charge is 0.207 e. The number of rotatable bonds is 4. The topological polar surface area (TPSA) is 29.9 Å². The molecule has 0 unspecified atom stereocenters. The molecule has 1 N–H and O–H groups in total. The minimum Gasteiger partial charge on any atom is -0.352 e. The first kappa shape index (κ1) is 11.9. The van der Waals surface area contributed by atoms with Gasteiger partial charge < -0.3 is 5.32 Å². The maximum atomic E-state index is 13.7. The normalized spacial score (nSPS) is 10.2. The molecular weight excluding hydrogens is 285 g/mol. The van der Waals surface area contributed by atoms with Crippen LogP contribution >= 0.6 is 15.9 Å². The fourth-order valence-corrected chi connectivity index (χ4v) is 1.81. The van der Waals surface area contributed by atoms with Crippen molar-refractivity contribution >= 4 is 21.9 Å². The lowest BCUT2D eigenvalue weighted by molar-refractivity contribution is 0.618. The van der Waals surface area contributed by atoms with E-state index in [-0.39, 0.29) is 5.82 Å². The molecule has 5 heteroatoms. The zero-order chi connectivity index (χ0) is 12.3. The van der Waals surface area contributed by atoms with Gasteiger partial charge in [0.15, 0.2) is 0 Å². The van der Waals surface area contributed by atoms with Gasteiger partial charge in [0.25, 0.3) is 0 Å². The van der Waals surface area contributed by atoms with Gasteiger partial charge in [0, 0.05) is 23.4 Å². The molecule has 0 saturated carbocycles. The van der Waals surface area contributed by atoms with Crippen LogP contribution in [0.4, 0.5) is 10.3 Å². The second-order valence-electron chi connectivity index (χ2n) is 3.39. The molecule has 0 spiro atoms. The van der Waals surface area contributed by atoms with E-state index in [1.54, 1.807) is 35.2 Å². The van der Waals surface area contributed by atoms with Gasteiger partial charge in [-0.05, 0) is 18.2 Å². The predicted octanol–water partition coefficient (Wildman–Crippen LogP) is 3.37. The number of hydrogen-bond donors (Lipinski definition) is 1. The number of aromatic nitrogens is 2. The second-order valence-corrected chi connectivity index (χ2v) is 4.30. The van der Waals surface area contributed by atoms with Crippen LogP contribution in [0, 0.1) is 5.82 Å². The van der Waals surface area contributed by atoms with E-state index in [1.165, 1.54) is 6.07 Å². The van der Waals surface area contributed by atoms with Crippen LogP contribution in [0.3, 0.4) is 0 Å². The molecule has 0 saturated heterocycles. The lowest BCUT2D eigenvalue weighted by Gasteiger charge is -2.09. The highest BCUT2D eigenvalue weighted by atomic mass is 79.9.